The third kappa shape index (κ3) is 5.02. The molecule has 196 valence electrons. The first kappa shape index (κ1) is 25.1. The molecule has 1 amide bonds. The number of carboxylic acid groups (broad SMARTS) is 1. The minimum atomic E-state index is -1.04. The first-order valence-corrected chi connectivity index (χ1v) is 12.8. The lowest BCUT2D eigenvalue weighted by Crippen LogP contribution is -2.25. The number of rotatable bonds is 8. The van der Waals surface area contributed by atoms with Crippen LogP contribution in [0.1, 0.15) is 58.6 Å². The van der Waals surface area contributed by atoms with Crippen molar-refractivity contribution in [1.82, 2.24) is 19.9 Å². The lowest BCUT2D eigenvalue weighted by atomic mass is 9.91. The van der Waals surface area contributed by atoms with Gasteiger partial charge in [0.05, 0.1) is 18.7 Å². The van der Waals surface area contributed by atoms with Crippen LogP contribution in [0.25, 0.3) is 16.9 Å². The van der Waals surface area contributed by atoms with Gasteiger partial charge >= 0.3 is 5.97 Å². The molecule has 0 aliphatic carbocycles. The number of halogens is 1. The molecular weight excluding hydrogens is 479 g/mol. The highest BCUT2D eigenvalue weighted by molar-refractivity contribution is 5.93. The molecule has 1 unspecified atom stereocenters. The molecule has 2 aromatic heterocycles. The van der Waals surface area contributed by atoms with Crippen molar-refractivity contribution in [2.45, 2.75) is 52.4 Å². The van der Waals surface area contributed by atoms with Crippen molar-refractivity contribution in [2.75, 3.05) is 26.4 Å². The average Bonchev–Trinajstić information content (AvgIpc) is 3.54. The van der Waals surface area contributed by atoms with E-state index in [-0.39, 0.29) is 23.8 Å². The van der Waals surface area contributed by atoms with Crippen molar-refractivity contribution in [2.24, 2.45) is 5.92 Å². The van der Waals surface area contributed by atoms with Gasteiger partial charge in [0.2, 0.25) is 0 Å². The molecule has 1 saturated heterocycles. The molecule has 4 heterocycles. The van der Waals surface area contributed by atoms with Gasteiger partial charge in [0.1, 0.15) is 0 Å². The fourth-order valence-corrected chi connectivity index (χ4v) is 5.30. The number of benzene rings is 1. The number of aryl methyl sites for hydroxylation is 1. The van der Waals surface area contributed by atoms with E-state index >= 15 is 4.39 Å². The van der Waals surface area contributed by atoms with Gasteiger partial charge in [0.15, 0.2) is 22.9 Å². The second-order valence-electron chi connectivity index (χ2n) is 9.81. The third-order valence-electron chi connectivity index (χ3n) is 7.26. The Kier molecular flexibility index (Phi) is 7.10. The molecule has 0 saturated carbocycles. The number of hydrogen-bond donors (Lipinski definition) is 2. The Morgan fingerprint density at radius 2 is 2.11 bits per heavy atom. The molecule has 1 aromatic carbocycles. The van der Waals surface area contributed by atoms with Gasteiger partial charge in [-0.3, -0.25) is 9.59 Å². The molecule has 37 heavy (non-hydrogen) atoms. The lowest BCUT2D eigenvalue weighted by molar-refractivity contribution is -0.136. The SMILES string of the molecule is Cc1nc2cc(C(=O)NCCCC3CCOC3)nn2c(-c2cc(F)c3c(c2C)CCCO3)c1CC(=O)O. The van der Waals surface area contributed by atoms with Crippen molar-refractivity contribution >= 4 is 17.5 Å². The van der Waals surface area contributed by atoms with E-state index in [0.29, 0.717) is 53.7 Å². The molecule has 0 radical (unpaired) electrons. The molecular formula is C27H31FN4O5. The number of carbonyl (C=O) groups is 2. The van der Waals surface area contributed by atoms with Crippen LogP contribution in [-0.2, 0) is 22.4 Å². The van der Waals surface area contributed by atoms with E-state index in [1.807, 2.05) is 6.92 Å². The average molecular weight is 511 g/mol. The summed E-state index contributed by atoms with van der Waals surface area (Å²) in [6, 6.07) is 2.95. The number of ether oxygens (including phenoxy) is 2. The molecule has 10 heteroatoms. The maximum absolute atomic E-state index is 15.2. The molecule has 2 aliphatic rings. The van der Waals surface area contributed by atoms with Crippen LogP contribution in [0.15, 0.2) is 12.1 Å². The summed E-state index contributed by atoms with van der Waals surface area (Å²) in [6.07, 6.45) is 4.00. The van der Waals surface area contributed by atoms with Crippen LogP contribution >= 0.6 is 0 Å². The number of amides is 1. The summed E-state index contributed by atoms with van der Waals surface area (Å²) in [5, 5.41) is 17.0. The van der Waals surface area contributed by atoms with Crippen LogP contribution in [0.4, 0.5) is 4.39 Å². The summed E-state index contributed by atoms with van der Waals surface area (Å²) in [5.41, 5.74) is 3.98. The molecule has 3 aromatic rings. The Morgan fingerprint density at radius 3 is 2.86 bits per heavy atom. The highest BCUT2D eigenvalue weighted by Crippen LogP contribution is 2.39. The molecule has 0 spiro atoms. The maximum atomic E-state index is 15.2. The zero-order valence-corrected chi connectivity index (χ0v) is 21.1. The van der Waals surface area contributed by atoms with Crippen molar-refractivity contribution < 1.29 is 28.6 Å². The number of aromatic nitrogens is 3. The van der Waals surface area contributed by atoms with Crippen molar-refractivity contribution in [1.29, 1.82) is 0 Å². The van der Waals surface area contributed by atoms with Crippen LogP contribution in [0.5, 0.6) is 5.75 Å². The van der Waals surface area contributed by atoms with Crippen LogP contribution in [0.3, 0.4) is 0 Å². The summed E-state index contributed by atoms with van der Waals surface area (Å²) in [7, 11) is 0. The summed E-state index contributed by atoms with van der Waals surface area (Å²) >= 11 is 0. The Labute approximate surface area is 214 Å². The summed E-state index contributed by atoms with van der Waals surface area (Å²) < 4.78 is 27.6. The van der Waals surface area contributed by atoms with Gasteiger partial charge in [-0.15, -0.1) is 0 Å². The first-order valence-electron chi connectivity index (χ1n) is 12.8. The second kappa shape index (κ2) is 10.5. The van der Waals surface area contributed by atoms with Crippen molar-refractivity contribution in [3.63, 3.8) is 0 Å². The van der Waals surface area contributed by atoms with Crippen LogP contribution < -0.4 is 10.1 Å². The van der Waals surface area contributed by atoms with Crippen molar-refractivity contribution in [3.8, 4) is 17.0 Å². The number of carboxylic acids is 1. The lowest BCUT2D eigenvalue weighted by Gasteiger charge is -2.23. The Bertz CT molecular complexity index is 1360. The van der Waals surface area contributed by atoms with E-state index in [0.717, 1.165) is 50.0 Å². The zero-order chi connectivity index (χ0) is 26.1. The Morgan fingerprint density at radius 1 is 1.27 bits per heavy atom. The predicted molar refractivity (Wildman–Crippen MR) is 134 cm³/mol. The quantitative estimate of drug-likeness (QED) is 0.445. The highest BCUT2D eigenvalue weighted by Gasteiger charge is 2.26. The highest BCUT2D eigenvalue weighted by atomic mass is 19.1. The van der Waals surface area contributed by atoms with E-state index < -0.39 is 11.8 Å². The van der Waals surface area contributed by atoms with Gasteiger partial charge in [-0.05, 0) is 63.5 Å². The minimum Gasteiger partial charge on any atom is -0.490 e. The topological polar surface area (TPSA) is 115 Å². The molecule has 5 rings (SSSR count). The van der Waals surface area contributed by atoms with Gasteiger partial charge < -0.3 is 19.9 Å². The number of nitrogens with one attached hydrogen (secondary N) is 1. The fraction of sp³-hybridized carbons (Fsp3) is 0.481. The van der Waals surface area contributed by atoms with Gasteiger partial charge in [-0.2, -0.15) is 5.10 Å². The van der Waals surface area contributed by atoms with Gasteiger partial charge in [0, 0.05) is 48.2 Å². The maximum Gasteiger partial charge on any atom is 0.307 e. The third-order valence-corrected chi connectivity index (χ3v) is 7.26. The van der Waals surface area contributed by atoms with E-state index in [1.54, 1.807) is 13.0 Å². The number of hydrogen-bond acceptors (Lipinski definition) is 6. The summed E-state index contributed by atoms with van der Waals surface area (Å²) in [5.74, 6) is -1.09. The summed E-state index contributed by atoms with van der Waals surface area (Å²) in [4.78, 5) is 29.2. The Hall–Kier alpha value is -3.53. The van der Waals surface area contributed by atoms with E-state index in [4.69, 9.17) is 9.47 Å². The standard InChI is InChI=1S/C27H31FN4O5/c1-15-18-6-4-9-37-26(18)21(28)11-19(15)25-20(12-24(33)34)16(2)30-23-13-22(31-32(23)25)27(35)29-8-3-5-17-7-10-36-14-17/h11,13,17H,3-10,12,14H2,1-2H3,(H,29,35)(H,33,34). The minimum absolute atomic E-state index is 0.171. The fourth-order valence-electron chi connectivity index (χ4n) is 5.30. The molecule has 2 N–H and O–H groups in total. The van der Waals surface area contributed by atoms with Crippen LogP contribution in [-0.4, -0.2) is 57.9 Å². The van der Waals surface area contributed by atoms with Gasteiger partial charge in [-0.25, -0.2) is 13.9 Å². The van der Waals surface area contributed by atoms with Gasteiger partial charge in [-0.1, -0.05) is 0 Å². The molecule has 9 nitrogen and oxygen atoms in total. The summed E-state index contributed by atoms with van der Waals surface area (Å²) in [6.45, 7) is 6.15. The largest absolute Gasteiger partial charge is 0.490 e. The molecule has 0 bridgehead atoms. The normalized spacial score (nSPS) is 17.0. The molecule has 1 atom stereocenters. The number of aliphatic carboxylic acids is 1. The smallest absolute Gasteiger partial charge is 0.307 e. The number of nitrogens with zero attached hydrogens (tertiary/aromatic N) is 3. The number of carbonyl (C=O) groups excluding carboxylic acids is 1. The van der Waals surface area contributed by atoms with Gasteiger partial charge in [0.25, 0.3) is 5.91 Å². The van der Waals surface area contributed by atoms with Crippen molar-refractivity contribution in [3.05, 3.63) is 46.0 Å². The monoisotopic (exact) mass is 510 g/mol. The van der Waals surface area contributed by atoms with Crippen LogP contribution in [0.2, 0.25) is 0 Å². The van der Waals surface area contributed by atoms with E-state index in [1.165, 1.54) is 10.6 Å². The Balaban J connectivity index is 1.52. The molecule has 2 aliphatic heterocycles. The van der Waals surface area contributed by atoms with E-state index in [9.17, 15) is 14.7 Å². The number of fused-ring (bicyclic) bond motifs is 2. The van der Waals surface area contributed by atoms with E-state index in [2.05, 4.69) is 15.4 Å². The predicted octanol–water partition coefficient (Wildman–Crippen LogP) is 3.65. The molecule has 1 fully saturated rings. The zero-order valence-electron chi connectivity index (χ0n) is 21.1. The first-order chi connectivity index (χ1) is 17.8. The second-order valence-corrected chi connectivity index (χ2v) is 9.81. The van der Waals surface area contributed by atoms with Crippen LogP contribution in [0, 0.1) is 25.6 Å².